The number of ether oxygens (including phenoxy) is 1. The molecule has 60 valence electrons. The van der Waals surface area contributed by atoms with Crippen LogP contribution < -0.4 is 0 Å². The summed E-state index contributed by atoms with van der Waals surface area (Å²) in [5.41, 5.74) is 0. The van der Waals surface area contributed by atoms with Gasteiger partial charge in [0, 0.05) is 13.1 Å². The first-order chi connectivity index (χ1) is 4.83. The standard InChI is InChI=1S/C7H15NO2/c1-8-3-2-7(6-9)10-5-4-8/h7,9H,2-6H2,1H3/t7-/m1/s1. The van der Waals surface area contributed by atoms with Crippen LogP contribution in [0.1, 0.15) is 6.42 Å². The molecule has 0 bridgehead atoms. The van der Waals surface area contributed by atoms with Gasteiger partial charge in [-0.1, -0.05) is 0 Å². The lowest BCUT2D eigenvalue weighted by atomic mass is 10.2. The second-order valence-electron chi connectivity index (χ2n) is 2.77. The monoisotopic (exact) mass is 145 g/mol. The molecule has 0 saturated carbocycles. The maximum Gasteiger partial charge on any atom is 0.0818 e. The Hall–Kier alpha value is -0.120. The minimum Gasteiger partial charge on any atom is -0.394 e. The fraction of sp³-hybridized carbons (Fsp3) is 1.00. The van der Waals surface area contributed by atoms with Crippen molar-refractivity contribution in [3.63, 3.8) is 0 Å². The van der Waals surface area contributed by atoms with Crippen LogP contribution in [0.25, 0.3) is 0 Å². The van der Waals surface area contributed by atoms with Crippen LogP contribution in [0.15, 0.2) is 0 Å². The quantitative estimate of drug-likeness (QED) is 0.550. The van der Waals surface area contributed by atoms with Crippen LogP contribution in [0.3, 0.4) is 0 Å². The maximum absolute atomic E-state index is 8.76. The van der Waals surface area contributed by atoms with Crippen molar-refractivity contribution in [2.75, 3.05) is 33.4 Å². The van der Waals surface area contributed by atoms with Gasteiger partial charge in [-0.15, -0.1) is 0 Å². The first-order valence-corrected chi connectivity index (χ1v) is 3.74. The SMILES string of the molecule is CN1CCO[C@@H](CO)CC1. The van der Waals surface area contributed by atoms with E-state index in [9.17, 15) is 0 Å². The summed E-state index contributed by atoms with van der Waals surface area (Å²) in [5.74, 6) is 0. The normalized spacial score (nSPS) is 30.0. The van der Waals surface area contributed by atoms with E-state index in [4.69, 9.17) is 9.84 Å². The molecule has 0 unspecified atom stereocenters. The molecule has 0 aromatic heterocycles. The summed E-state index contributed by atoms with van der Waals surface area (Å²) >= 11 is 0. The van der Waals surface area contributed by atoms with E-state index in [1.807, 2.05) is 0 Å². The molecule has 1 N–H and O–H groups in total. The predicted octanol–water partition coefficient (Wildman–Crippen LogP) is -0.301. The predicted molar refractivity (Wildman–Crippen MR) is 38.9 cm³/mol. The molecule has 1 rings (SSSR count). The summed E-state index contributed by atoms with van der Waals surface area (Å²) in [6.45, 7) is 2.93. The van der Waals surface area contributed by atoms with Crippen molar-refractivity contribution in [3.8, 4) is 0 Å². The van der Waals surface area contributed by atoms with E-state index >= 15 is 0 Å². The topological polar surface area (TPSA) is 32.7 Å². The van der Waals surface area contributed by atoms with Gasteiger partial charge in [-0.25, -0.2) is 0 Å². The Labute approximate surface area is 61.6 Å². The Morgan fingerprint density at radius 3 is 3.10 bits per heavy atom. The van der Waals surface area contributed by atoms with Crippen molar-refractivity contribution in [1.82, 2.24) is 4.90 Å². The minimum atomic E-state index is 0.0740. The lowest BCUT2D eigenvalue weighted by Gasteiger charge is -2.10. The first kappa shape index (κ1) is 7.98. The highest BCUT2D eigenvalue weighted by Gasteiger charge is 2.13. The van der Waals surface area contributed by atoms with Crippen molar-refractivity contribution < 1.29 is 9.84 Å². The van der Waals surface area contributed by atoms with Crippen LogP contribution in [0.4, 0.5) is 0 Å². The van der Waals surface area contributed by atoms with Crippen molar-refractivity contribution in [2.24, 2.45) is 0 Å². The largest absolute Gasteiger partial charge is 0.394 e. The van der Waals surface area contributed by atoms with Gasteiger partial charge in [0.25, 0.3) is 0 Å². The smallest absolute Gasteiger partial charge is 0.0818 e. The zero-order valence-corrected chi connectivity index (χ0v) is 6.42. The Balaban J connectivity index is 2.26. The van der Waals surface area contributed by atoms with Crippen molar-refractivity contribution >= 4 is 0 Å². The average Bonchev–Trinajstić information content (AvgIpc) is 2.14. The maximum atomic E-state index is 8.76. The van der Waals surface area contributed by atoms with Crippen LogP contribution >= 0.6 is 0 Å². The highest BCUT2D eigenvalue weighted by atomic mass is 16.5. The third kappa shape index (κ3) is 2.25. The minimum absolute atomic E-state index is 0.0740. The highest BCUT2D eigenvalue weighted by Crippen LogP contribution is 2.03. The molecule has 10 heavy (non-hydrogen) atoms. The van der Waals surface area contributed by atoms with E-state index in [1.54, 1.807) is 0 Å². The zero-order chi connectivity index (χ0) is 7.40. The molecule has 1 heterocycles. The number of hydrogen-bond donors (Lipinski definition) is 1. The molecular weight excluding hydrogens is 130 g/mol. The summed E-state index contributed by atoms with van der Waals surface area (Å²) in [7, 11) is 2.07. The van der Waals surface area contributed by atoms with Gasteiger partial charge in [0.1, 0.15) is 0 Å². The van der Waals surface area contributed by atoms with E-state index in [-0.39, 0.29) is 12.7 Å². The van der Waals surface area contributed by atoms with E-state index in [0.29, 0.717) is 0 Å². The Morgan fingerprint density at radius 2 is 2.40 bits per heavy atom. The third-order valence-electron chi connectivity index (χ3n) is 1.86. The summed E-state index contributed by atoms with van der Waals surface area (Å²) in [6, 6.07) is 0. The van der Waals surface area contributed by atoms with Gasteiger partial charge >= 0.3 is 0 Å². The summed E-state index contributed by atoms with van der Waals surface area (Å²) in [4.78, 5) is 2.22. The molecule has 0 aromatic rings. The van der Waals surface area contributed by atoms with Gasteiger partial charge < -0.3 is 14.7 Å². The fourth-order valence-electron chi connectivity index (χ4n) is 1.08. The van der Waals surface area contributed by atoms with Gasteiger partial charge in [0.15, 0.2) is 0 Å². The van der Waals surface area contributed by atoms with Crippen LogP contribution in [0.2, 0.25) is 0 Å². The molecule has 1 aliphatic heterocycles. The molecule has 0 aliphatic carbocycles. The molecule has 0 amide bonds. The molecular formula is C7H15NO2. The van der Waals surface area contributed by atoms with Gasteiger partial charge in [-0.3, -0.25) is 0 Å². The number of aliphatic hydroxyl groups is 1. The molecule has 1 saturated heterocycles. The van der Waals surface area contributed by atoms with Gasteiger partial charge in [-0.2, -0.15) is 0 Å². The van der Waals surface area contributed by atoms with Crippen molar-refractivity contribution in [2.45, 2.75) is 12.5 Å². The summed E-state index contributed by atoms with van der Waals surface area (Å²) in [5, 5.41) is 8.76. The molecule has 3 nitrogen and oxygen atoms in total. The molecule has 1 aliphatic rings. The van der Waals surface area contributed by atoms with Gasteiger partial charge in [0.05, 0.1) is 19.3 Å². The first-order valence-electron chi connectivity index (χ1n) is 3.74. The van der Waals surface area contributed by atoms with E-state index in [2.05, 4.69) is 11.9 Å². The molecule has 1 fully saturated rings. The van der Waals surface area contributed by atoms with Gasteiger partial charge in [-0.05, 0) is 13.5 Å². The zero-order valence-electron chi connectivity index (χ0n) is 6.42. The van der Waals surface area contributed by atoms with Crippen LogP contribution in [0, 0.1) is 0 Å². The number of nitrogens with zero attached hydrogens (tertiary/aromatic N) is 1. The van der Waals surface area contributed by atoms with E-state index in [0.717, 1.165) is 26.1 Å². The Kier molecular flexibility index (Phi) is 3.12. The van der Waals surface area contributed by atoms with E-state index in [1.165, 1.54) is 0 Å². The van der Waals surface area contributed by atoms with Crippen molar-refractivity contribution in [3.05, 3.63) is 0 Å². The second kappa shape index (κ2) is 3.91. The van der Waals surface area contributed by atoms with Crippen molar-refractivity contribution in [1.29, 1.82) is 0 Å². The summed E-state index contributed by atoms with van der Waals surface area (Å²) in [6.07, 6.45) is 1.03. The van der Waals surface area contributed by atoms with Crippen LogP contribution in [0.5, 0.6) is 0 Å². The number of aliphatic hydroxyl groups excluding tert-OH is 1. The Morgan fingerprint density at radius 1 is 1.60 bits per heavy atom. The lowest BCUT2D eigenvalue weighted by molar-refractivity contribution is 0.0212. The molecule has 0 spiro atoms. The highest BCUT2D eigenvalue weighted by molar-refractivity contribution is 4.64. The lowest BCUT2D eigenvalue weighted by Crippen LogP contribution is -2.21. The fourth-order valence-corrected chi connectivity index (χ4v) is 1.08. The molecule has 1 atom stereocenters. The van der Waals surface area contributed by atoms with Crippen LogP contribution in [-0.2, 0) is 4.74 Å². The molecule has 0 radical (unpaired) electrons. The molecule has 0 aromatic carbocycles. The second-order valence-corrected chi connectivity index (χ2v) is 2.77. The van der Waals surface area contributed by atoms with E-state index < -0.39 is 0 Å². The van der Waals surface area contributed by atoms with Crippen LogP contribution in [-0.4, -0.2) is 49.5 Å². The third-order valence-corrected chi connectivity index (χ3v) is 1.86. The Bertz CT molecular complexity index is 97.6. The summed E-state index contributed by atoms with van der Waals surface area (Å²) < 4.78 is 5.33. The number of likely N-dealkylation sites (N-methyl/N-ethyl adjacent to an activating group) is 1. The number of rotatable bonds is 1. The van der Waals surface area contributed by atoms with Gasteiger partial charge in [0.2, 0.25) is 0 Å². The molecule has 3 heteroatoms. The average molecular weight is 145 g/mol. The number of hydrogen-bond acceptors (Lipinski definition) is 3.